The summed E-state index contributed by atoms with van der Waals surface area (Å²) in [6.07, 6.45) is 18.6. The fourth-order valence-corrected chi connectivity index (χ4v) is 5.53. The van der Waals surface area contributed by atoms with Crippen molar-refractivity contribution >= 4 is 24.7 Å². The summed E-state index contributed by atoms with van der Waals surface area (Å²) >= 11 is 1.14. The van der Waals surface area contributed by atoms with Crippen LogP contribution in [0, 0.1) is 0 Å². The number of hydrogen-bond acceptors (Lipinski definition) is 7. The molecular formula is C27H57NO6PS+. The Morgan fingerprint density at radius 1 is 0.778 bits per heavy atom. The molecule has 0 radical (unpaired) electrons. The summed E-state index contributed by atoms with van der Waals surface area (Å²) in [5.74, 6) is 0. The van der Waals surface area contributed by atoms with Gasteiger partial charge in [0.2, 0.25) is 0 Å². The number of hydrogen-bond donors (Lipinski definition) is 0. The second-order valence-electron chi connectivity index (χ2n) is 10.7. The lowest BCUT2D eigenvalue weighted by molar-refractivity contribution is -0.870. The van der Waals surface area contributed by atoms with Gasteiger partial charge in [0.1, 0.15) is 13.2 Å². The zero-order valence-corrected chi connectivity index (χ0v) is 26.0. The third-order valence-corrected chi connectivity index (χ3v) is 8.28. The molecule has 0 fully saturated rings. The van der Waals surface area contributed by atoms with E-state index in [2.05, 4.69) is 6.92 Å². The van der Waals surface area contributed by atoms with Gasteiger partial charge in [-0.1, -0.05) is 102 Å². The van der Waals surface area contributed by atoms with E-state index in [0.29, 0.717) is 24.2 Å². The van der Waals surface area contributed by atoms with Gasteiger partial charge in [-0.05, 0) is 6.42 Å². The number of quaternary nitrogens is 1. The first-order chi connectivity index (χ1) is 17.1. The molecule has 0 aromatic heterocycles. The molecule has 1 unspecified atom stereocenters. The largest absolute Gasteiger partial charge is 0.474 e. The molecule has 0 aromatic rings. The molecule has 9 heteroatoms. The van der Waals surface area contributed by atoms with E-state index in [0.717, 1.165) is 24.6 Å². The Hall–Kier alpha value is 0.0500. The highest BCUT2D eigenvalue weighted by molar-refractivity contribution is 8.14. The van der Waals surface area contributed by atoms with E-state index in [-0.39, 0.29) is 23.6 Å². The number of thioether (sulfide) groups is 1. The van der Waals surface area contributed by atoms with E-state index in [1.54, 1.807) is 0 Å². The molecule has 0 bridgehead atoms. The predicted octanol–water partition coefficient (Wildman–Crippen LogP) is 7.63. The van der Waals surface area contributed by atoms with Crippen LogP contribution in [0.3, 0.4) is 0 Å². The zero-order chi connectivity index (χ0) is 27.1. The van der Waals surface area contributed by atoms with Gasteiger partial charge in [0, 0.05) is 20.6 Å². The van der Waals surface area contributed by atoms with Crippen LogP contribution in [-0.4, -0.2) is 76.1 Å². The van der Waals surface area contributed by atoms with Gasteiger partial charge in [0.25, 0.3) is 0 Å². The van der Waals surface area contributed by atoms with Crippen LogP contribution in [0.2, 0.25) is 0 Å². The van der Waals surface area contributed by atoms with Crippen LogP contribution in [0.1, 0.15) is 104 Å². The molecule has 0 aliphatic carbocycles. The second-order valence-corrected chi connectivity index (χ2v) is 13.9. The highest BCUT2D eigenvalue weighted by Crippen LogP contribution is 2.48. The topological polar surface area (TPSA) is 71.1 Å². The maximum atomic E-state index is 12.7. The van der Waals surface area contributed by atoms with Crippen molar-refractivity contribution in [2.75, 3.05) is 61.2 Å². The molecule has 216 valence electrons. The highest BCUT2D eigenvalue weighted by Gasteiger charge is 2.28. The minimum absolute atomic E-state index is 0.0260. The molecule has 0 saturated heterocycles. The molecule has 0 rings (SSSR count). The maximum Gasteiger partial charge on any atom is 0.474 e. The molecule has 0 saturated carbocycles. The van der Waals surface area contributed by atoms with Gasteiger partial charge in [0.05, 0.1) is 39.6 Å². The Balaban J connectivity index is 3.89. The lowest BCUT2D eigenvalue weighted by Crippen LogP contribution is -2.37. The Labute approximate surface area is 226 Å². The van der Waals surface area contributed by atoms with Crippen LogP contribution < -0.4 is 0 Å². The molecule has 2 atom stereocenters. The number of carbonyl (C=O) groups is 1. The van der Waals surface area contributed by atoms with Crippen molar-refractivity contribution in [2.24, 2.45) is 0 Å². The van der Waals surface area contributed by atoms with Crippen molar-refractivity contribution in [1.29, 1.82) is 0 Å². The molecule has 0 aliphatic heterocycles. The minimum atomic E-state index is -3.65. The van der Waals surface area contributed by atoms with Gasteiger partial charge in [-0.3, -0.25) is 18.4 Å². The van der Waals surface area contributed by atoms with Crippen LogP contribution in [0.25, 0.3) is 0 Å². The summed E-state index contributed by atoms with van der Waals surface area (Å²) < 4.78 is 35.1. The van der Waals surface area contributed by atoms with E-state index in [1.165, 1.54) is 91.1 Å². The van der Waals surface area contributed by atoms with Crippen LogP contribution in [-0.2, 0) is 27.7 Å². The maximum absolute atomic E-state index is 12.7. The number of carbonyl (C=O) groups excluding carboxylic acids is 1. The van der Waals surface area contributed by atoms with E-state index in [1.807, 2.05) is 21.1 Å². The molecule has 0 heterocycles. The lowest BCUT2D eigenvalue weighted by Gasteiger charge is -2.25. The van der Waals surface area contributed by atoms with Crippen LogP contribution in [0.5, 0.6) is 0 Å². The predicted molar refractivity (Wildman–Crippen MR) is 153 cm³/mol. The summed E-state index contributed by atoms with van der Waals surface area (Å²) in [6, 6.07) is 0. The summed E-state index contributed by atoms with van der Waals surface area (Å²) in [4.78, 5) is 11.6. The Morgan fingerprint density at radius 2 is 1.28 bits per heavy atom. The Bertz CT molecular complexity index is 573. The molecular weight excluding hydrogens is 497 g/mol. The summed E-state index contributed by atoms with van der Waals surface area (Å²) in [7, 11) is 3.74. The van der Waals surface area contributed by atoms with Gasteiger partial charge in [-0.15, -0.1) is 0 Å². The fourth-order valence-electron chi connectivity index (χ4n) is 3.71. The van der Waals surface area contributed by atoms with Crippen molar-refractivity contribution in [3.8, 4) is 0 Å². The second kappa shape index (κ2) is 23.0. The zero-order valence-electron chi connectivity index (χ0n) is 24.3. The van der Waals surface area contributed by atoms with Gasteiger partial charge in [-0.25, -0.2) is 4.57 Å². The van der Waals surface area contributed by atoms with Crippen LogP contribution >= 0.6 is 19.6 Å². The van der Waals surface area contributed by atoms with Crippen molar-refractivity contribution < 1.29 is 32.2 Å². The van der Waals surface area contributed by atoms with Crippen molar-refractivity contribution in [1.82, 2.24) is 0 Å². The first-order valence-corrected chi connectivity index (χ1v) is 16.5. The molecule has 0 aliphatic rings. The van der Waals surface area contributed by atoms with E-state index in [4.69, 9.17) is 18.3 Å². The first kappa shape index (κ1) is 36.0. The van der Waals surface area contributed by atoms with Crippen molar-refractivity contribution in [3.63, 3.8) is 0 Å². The average Bonchev–Trinajstić information content (AvgIpc) is 2.81. The van der Waals surface area contributed by atoms with Gasteiger partial charge >= 0.3 is 7.82 Å². The molecule has 0 N–H and O–H groups in total. The van der Waals surface area contributed by atoms with Crippen molar-refractivity contribution in [3.05, 3.63) is 0 Å². The van der Waals surface area contributed by atoms with Gasteiger partial charge in [0.15, 0.2) is 5.12 Å². The van der Waals surface area contributed by atoms with E-state index >= 15 is 0 Å². The number of phosphoric ester groups is 1. The standard InChI is InChI=1S/C27H57NO6PS/c1-7-8-9-10-11-12-13-14-15-16-17-18-19-20-22-32-24-27(36-26(2)29)25-34-35(30,31-6)33-23-21-28(3,4)5/h27H,7-25H2,1-6H3/q+1/t27-,35?/m1/s1. The third kappa shape index (κ3) is 24.4. The SMILES string of the molecule is CCCCCCCCCCCCCCCCOC[C@H](COP(=O)(OC)OCC[N+](C)(C)C)SC(C)=O. The Morgan fingerprint density at radius 3 is 1.72 bits per heavy atom. The minimum Gasteiger partial charge on any atom is -0.380 e. The first-order valence-electron chi connectivity index (χ1n) is 14.1. The van der Waals surface area contributed by atoms with E-state index < -0.39 is 7.82 Å². The molecule has 0 aromatic carbocycles. The van der Waals surface area contributed by atoms with Gasteiger partial charge < -0.3 is 9.22 Å². The number of likely N-dealkylation sites (N-methyl/N-ethyl adjacent to an activating group) is 1. The number of ether oxygens (including phenoxy) is 1. The summed E-state index contributed by atoms with van der Waals surface area (Å²) in [5, 5.41) is -0.276. The smallest absolute Gasteiger partial charge is 0.380 e. The molecule has 7 nitrogen and oxygen atoms in total. The normalized spacial score (nSPS) is 14.6. The Kier molecular flexibility index (Phi) is 23.0. The lowest BCUT2D eigenvalue weighted by atomic mass is 10.0. The molecule has 0 spiro atoms. The summed E-state index contributed by atoms with van der Waals surface area (Å²) in [5.41, 5.74) is 0. The average molecular weight is 555 g/mol. The number of rotatable bonds is 26. The van der Waals surface area contributed by atoms with E-state index in [9.17, 15) is 9.36 Å². The van der Waals surface area contributed by atoms with Gasteiger partial charge in [-0.2, -0.15) is 0 Å². The van der Waals surface area contributed by atoms with Crippen LogP contribution in [0.4, 0.5) is 0 Å². The number of nitrogens with zero attached hydrogens (tertiary/aromatic N) is 1. The monoisotopic (exact) mass is 554 g/mol. The number of phosphoric acid groups is 1. The van der Waals surface area contributed by atoms with Crippen LogP contribution in [0.15, 0.2) is 0 Å². The third-order valence-electron chi connectivity index (χ3n) is 5.93. The number of unbranched alkanes of at least 4 members (excludes halogenated alkanes) is 13. The summed E-state index contributed by atoms with van der Waals surface area (Å²) in [6.45, 7) is 5.81. The molecule has 36 heavy (non-hydrogen) atoms. The highest BCUT2D eigenvalue weighted by atomic mass is 32.2. The quantitative estimate of drug-likeness (QED) is 0.0618. The fraction of sp³-hybridized carbons (Fsp3) is 0.963. The van der Waals surface area contributed by atoms with Crippen molar-refractivity contribution in [2.45, 2.75) is 109 Å². The molecule has 0 amide bonds.